The van der Waals surface area contributed by atoms with Gasteiger partial charge >= 0.3 is 0 Å². The van der Waals surface area contributed by atoms with Crippen LogP contribution in [0.15, 0.2) is 108 Å². The van der Waals surface area contributed by atoms with Gasteiger partial charge in [0.05, 0.1) is 30.8 Å². The van der Waals surface area contributed by atoms with E-state index in [2.05, 4.69) is 54.6 Å². The summed E-state index contributed by atoms with van der Waals surface area (Å²) in [6.45, 7) is 2.69. The molecule has 2 unspecified atom stereocenters. The van der Waals surface area contributed by atoms with Crippen molar-refractivity contribution < 1.29 is 18.9 Å². The summed E-state index contributed by atoms with van der Waals surface area (Å²) in [5.41, 5.74) is 2.92. The largest absolute Gasteiger partial charge is 0.491 e. The number of hydrogen-bond acceptors (Lipinski definition) is 6. The highest BCUT2D eigenvalue weighted by molar-refractivity contribution is 6.26. The Labute approximate surface area is 237 Å². The quantitative estimate of drug-likeness (QED) is 0.0789. The molecule has 6 aromatic carbocycles. The molecule has 2 saturated heterocycles. The highest BCUT2D eigenvalue weighted by Crippen LogP contribution is 2.36. The molecule has 2 heterocycles. The number of hydrazone groups is 1. The van der Waals surface area contributed by atoms with Crippen molar-refractivity contribution in [2.24, 2.45) is 5.10 Å². The number of ether oxygens (including phenoxy) is 4. The van der Waals surface area contributed by atoms with Crippen molar-refractivity contribution in [3.63, 3.8) is 0 Å². The Kier molecular flexibility index (Phi) is 5.94. The standard InChI is InChI=1S/C35H28N2O4/c1-3-23-7-8-24-4-2-6-33-26(17-25(5-1)34(23)35(24)33)18-36-37(27-9-13-29(14-10-27)38-19-31-21-40-31)28-11-15-30(16-12-28)39-20-32-22-41-32/h1-18,31-32H,19-22H2. The lowest BCUT2D eigenvalue weighted by Crippen LogP contribution is -2.10. The van der Waals surface area contributed by atoms with E-state index in [-0.39, 0.29) is 12.2 Å². The molecule has 0 amide bonds. The number of hydrogen-bond donors (Lipinski definition) is 0. The summed E-state index contributed by atoms with van der Waals surface area (Å²) in [6.07, 6.45) is 2.40. The average molecular weight is 541 g/mol. The van der Waals surface area contributed by atoms with Crippen molar-refractivity contribution >= 4 is 49.9 Å². The lowest BCUT2D eigenvalue weighted by molar-refractivity contribution is 0.263. The fourth-order valence-electron chi connectivity index (χ4n) is 5.37. The van der Waals surface area contributed by atoms with Gasteiger partial charge in [0.15, 0.2) is 0 Å². The average Bonchev–Trinajstić information content (AvgIpc) is 3.95. The summed E-state index contributed by atoms with van der Waals surface area (Å²) < 4.78 is 22.3. The Morgan fingerprint density at radius 1 is 0.659 bits per heavy atom. The lowest BCUT2D eigenvalue weighted by Gasteiger charge is -2.20. The smallest absolute Gasteiger partial charge is 0.119 e. The predicted molar refractivity (Wildman–Crippen MR) is 163 cm³/mol. The van der Waals surface area contributed by atoms with Crippen LogP contribution in [-0.2, 0) is 9.47 Å². The molecule has 2 fully saturated rings. The van der Waals surface area contributed by atoms with E-state index < -0.39 is 0 Å². The minimum atomic E-state index is 0.215. The van der Waals surface area contributed by atoms with Crippen molar-refractivity contribution in [2.45, 2.75) is 12.2 Å². The van der Waals surface area contributed by atoms with E-state index in [4.69, 9.17) is 24.0 Å². The second-order valence-electron chi connectivity index (χ2n) is 10.6. The SMILES string of the molecule is C(=NN(c1ccc(OCC2CO2)cc1)c1ccc(OCC2CO2)cc1)c1cc2cccc3ccc4cccc1c4c32. The molecule has 0 aliphatic carbocycles. The van der Waals surface area contributed by atoms with Gasteiger partial charge in [0, 0.05) is 5.56 Å². The van der Waals surface area contributed by atoms with Crippen molar-refractivity contribution in [1.29, 1.82) is 0 Å². The van der Waals surface area contributed by atoms with E-state index in [1.165, 1.54) is 32.3 Å². The van der Waals surface area contributed by atoms with Crippen LogP contribution in [0, 0.1) is 0 Å². The van der Waals surface area contributed by atoms with Crippen LogP contribution in [0.4, 0.5) is 11.4 Å². The molecular formula is C35H28N2O4. The maximum absolute atomic E-state index is 5.87. The van der Waals surface area contributed by atoms with E-state index in [0.29, 0.717) is 13.2 Å². The molecule has 202 valence electrons. The number of anilines is 2. The summed E-state index contributed by atoms with van der Waals surface area (Å²) in [4.78, 5) is 0. The number of benzene rings is 6. The highest BCUT2D eigenvalue weighted by Gasteiger charge is 2.24. The zero-order chi connectivity index (χ0) is 27.2. The molecule has 2 aliphatic rings. The minimum Gasteiger partial charge on any atom is -0.491 e. The first-order valence-electron chi connectivity index (χ1n) is 14.0. The molecule has 41 heavy (non-hydrogen) atoms. The molecule has 0 N–H and O–H groups in total. The molecule has 0 bridgehead atoms. The fourth-order valence-corrected chi connectivity index (χ4v) is 5.37. The summed E-state index contributed by atoms with van der Waals surface area (Å²) in [5.74, 6) is 1.62. The fraction of sp³-hybridized carbons (Fsp3) is 0.171. The van der Waals surface area contributed by atoms with Gasteiger partial charge in [-0.3, -0.25) is 0 Å². The molecule has 2 aliphatic heterocycles. The van der Waals surface area contributed by atoms with Crippen LogP contribution in [0.25, 0.3) is 32.3 Å². The summed E-state index contributed by atoms with van der Waals surface area (Å²) in [7, 11) is 0. The molecule has 6 heteroatoms. The minimum absolute atomic E-state index is 0.215. The van der Waals surface area contributed by atoms with Gasteiger partial charge in [-0.05, 0) is 86.9 Å². The third-order valence-electron chi connectivity index (χ3n) is 7.69. The zero-order valence-corrected chi connectivity index (χ0v) is 22.4. The molecule has 0 radical (unpaired) electrons. The normalized spacial score (nSPS) is 18.0. The molecule has 0 aromatic heterocycles. The van der Waals surface area contributed by atoms with Gasteiger partial charge in [-0.15, -0.1) is 0 Å². The first-order valence-corrected chi connectivity index (χ1v) is 14.0. The van der Waals surface area contributed by atoms with E-state index in [9.17, 15) is 0 Å². The van der Waals surface area contributed by atoms with E-state index in [1.807, 2.05) is 59.8 Å². The summed E-state index contributed by atoms with van der Waals surface area (Å²) >= 11 is 0. The monoisotopic (exact) mass is 540 g/mol. The lowest BCUT2D eigenvalue weighted by atomic mass is 9.92. The Bertz CT molecular complexity index is 1800. The van der Waals surface area contributed by atoms with Gasteiger partial charge < -0.3 is 18.9 Å². The number of rotatable bonds is 10. The third kappa shape index (κ3) is 4.92. The van der Waals surface area contributed by atoms with Gasteiger partial charge in [-0.25, -0.2) is 5.01 Å². The topological polar surface area (TPSA) is 59.1 Å². The molecule has 6 nitrogen and oxygen atoms in total. The maximum atomic E-state index is 5.87. The van der Waals surface area contributed by atoms with E-state index >= 15 is 0 Å². The van der Waals surface area contributed by atoms with Crippen LogP contribution in [-0.4, -0.2) is 44.9 Å². The zero-order valence-electron chi connectivity index (χ0n) is 22.4. The van der Waals surface area contributed by atoms with Crippen molar-refractivity contribution in [3.8, 4) is 11.5 Å². The predicted octanol–water partition coefficient (Wildman–Crippen LogP) is 7.31. The molecule has 8 rings (SSSR count). The Morgan fingerprint density at radius 3 is 1.78 bits per heavy atom. The number of nitrogens with zero attached hydrogens (tertiary/aromatic N) is 2. The van der Waals surface area contributed by atoms with E-state index in [1.54, 1.807) is 0 Å². The van der Waals surface area contributed by atoms with Crippen LogP contribution >= 0.6 is 0 Å². The second kappa shape index (κ2) is 10.1. The van der Waals surface area contributed by atoms with Gasteiger partial charge in [0.25, 0.3) is 0 Å². The van der Waals surface area contributed by atoms with Crippen molar-refractivity contribution in [3.05, 3.63) is 109 Å². The van der Waals surface area contributed by atoms with Crippen LogP contribution in [0.1, 0.15) is 5.56 Å². The van der Waals surface area contributed by atoms with Gasteiger partial charge in [-0.2, -0.15) is 5.10 Å². The number of epoxide rings is 2. The highest BCUT2D eigenvalue weighted by atomic mass is 16.6. The van der Waals surface area contributed by atoms with E-state index in [0.717, 1.165) is 41.7 Å². The molecule has 6 aromatic rings. The van der Waals surface area contributed by atoms with Gasteiger partial charge in [0.2, 0.25) is 0 Å². The molecule has 0 saturated carbocycles. The van der Waals surface area contributed by atoms with Crippen molar-refractivity contribution in [2.75, 3.05) is 31.4 Å². The summed E-state index contributed by atoms with van der Waals surface area (Å²) in [6, 6.07) is 35.6. The Hall–Kier alpha value is -4.65. The molecule has 0 spiro atoms. The van der Waals surface area contributed by atoms with Crippen LogP contribution in [0.2, 0.25) is 0 Å². The first-order chi connectivity index (χ1) is 20.3. The second-order valence-corrected chi connectivity index (χ2v) is 10.6. The maximum Gasteiger partial charge on any atom is 0.119 e. The summed E-state index contributed by atoms with van der Waals surface area (Å²) in [5, 5.41) is 14.5. The molecular weight excluding hydrogens is 512 g/mol. The van der Waals surface area contributed by atoms with Crippen LogP contribution in [0.5, 0.6) is 11.5 Å². The van der Waals surface area contributed by atoms with Crippen LogP contribution in [0.3, 0.4) is 0 Å². The first kappa shape index (κ1) is 24.2. The van der Waals surface area contributed by atoms with Gasteiger partial charge in [0.1, 0.15) is 36.9 Å². The Balaban J connectivity index is 1.17. The van der Waals surface area contributed by atoms with Crippen LogP contribution < -0.4 is 14.5 Å². The third-order valence-corrected chi connectivity index (χ3v) is 7.69. The molecule has 2 atom stereocenters. The van der Waals surface area contributed by atoms with Crippen molar-refractivity contribution in [1.82, 2.24) is 0 Å². The van der Waals surface area contributed by atoms with Gasteiger partial charge in [-0.1, -0.05) is 48.5 Å². The Morgan fingerprint density at radius 2 is 1.20 bits per heavy atom.